The van der Waals surface area contributed by atoms with Gasteiger partial charge in [-0.25, -0.2) is 4.98 Å². The summed E-state index contributed by atoms with van der Waals surface area (Å²) in [5.41, 5.74) is 30.4. The summed E-state index contributed by atoms with van der Waals surface area (Å²) in [5, 5.41) is 12.4. The zero-order chi connectivity index (χ0) is 81.2. The highest BCUT2D eigenvalue weighted by molar-refractivity contribution is 7.00. The van der Waals surface area contributed by atoms with Gasteiger partial charge in [-0.15, -0.1) is 0 Å². The van der Waals surface area contributed by atoms with Crippen molar-refractivity contribution >= 4 is 122 Å². The van der Waals surface area contributed by atoms with Crippen LogP contribution in [0.5, 0.6) is 5.75 Å². The molecule has 582 valence electrons. The van der Waals surface area contributed by atoms with Crippen LogP contribution in [0.1, 0.15) is 52.7 Å². The van der Waals surface area contributed by atoms with Crippen molar-refractivity contribution < 1.29 is 4.74 Å². The fraction of sp³-hybridized carbons (Fsp3) is 0.0783. The van der Waals surface area contributed by atoms with Gasteiger partial charge in [0.2, 0.25) is 0 Å². The van der Waals surface area contributed by atoms with Gasteiger partial charge in [0, 0.05) is 50.5 Å². The van der Waals surface area contributed by atoms with Crippen LogP contribution >= 0.6 is 0 Å². The fourth-order valence-electron chi connectivity index (χ4n) is 18.4. The third-order valence-electron chi connectivity index (χ3n) is 24.3. The second kappa shape index (κ2) is 31.7. The topological polar surface area (TPSA) is 33.5 Å². The van der Waals surface area contributed by atoms with Gasteiger partial charge >= 0.3 is 0 Å². The quantitative estimate of drug-likeness (QED) is 0.0776. The van der Waals surface area contributed by atoms with Crippen molar-refractivity contribution in [3.8, 4) is 78.5 Å². The van der Waals surface area contributed by atoms with Gasteiger partial charge < -0.3 is 22.0 Å². The van der Waals surface area contributed by atoms with Crippen LogP contribution in [0.4, 0.5) is 34.1 Å². The first-order valence-electron chi connectivity index (χ1n) is 41.7. The van der Waals surface area contributed by atoms with E-state index in [2.05, 4.69) is 444 Å². The lowest BCUT2D eigenvalue weighted by atomic mass is 9.33. The molecule has 0 spiro atoms. The number of aromatic nitrogens is 2. The van der Waals surface area contributed by atoms with Gasteiger partial charge in [0.25, 0.3) is 6.71 Å². The maximum atomic E-state index is 5.23. The van der Waals surface area contributed by atoms with Crippen LogP contribution in [0.15, 0.2) is 413 Å². The van der Waals surface area contributed by atoms with E-state index in [0.29, 0.717) is 0 Å². The average molecular weight is 1560 g/mol. The third kappa shape index (κ3) is 14.0. The Labute approximate surface area is 710 Å². The number of benzene rings is 19. The molecule has 0 aliphatic carbocycles. The van der Waals surface area contributed by atoms with E-state index in [9.17, 15) is 0 Å². The molecule has 20 aromatic rings. The molecule has 0 saturated carbocycles. The van der Waals surface area contributed by atoms with E-state index in [4.69, 9.17) is 9.72 Å². The van der Waals surface area contributed by atoms with Crippen molar-refractivity contribution in [1.29, 1.82) is 0 Å². The van der Waals surface area contributed by atoms with Gasteiger partial charge in [-0.2, -0.15) is 0 Å². The van der Waals surface area contributed by atoms with Gasteiger partial charge in [0.15, 0.2) is 0 Å². The van der Waals surface area contributed by atoms with Crippen molar-refractivity contribution in [2.75, 3.05) is 16.9 Å². The number of hydrogen-bond donors (Lipinski definition) is 0. The van der Waals surface area contributed by atoms with Crippen LogP contribution in [0.3, 0.4) is 0 Å². The monoisotopic (exact) mass is 1560 g/mol. The Kier molecular flexibility index (Phi) is 20.0. The van der Waals surface area contributed by atoms with Crippen LogP contribution in [-0.4, -0.2) is 23.4 Å². The van der Waals surface area contributed by atoms with Crippen molar-refractivity contribution in [3.05, 3.63) is 431 Å². The normalized spacial score (nSPS) is 12.1. The summed E-state index contributed by atoms with van der Waals surface area (Å²) < 4.78 is 7.49. The lowest BCUT2D eigenvalue weighted by Gasteiger charge is -2.45. The lowest BCUT2D eigenvalue weighted by molar-refractivity contribution is 0.420. The first-order chi connectivity index (χ1) is 58.8. The largest absolute Gasteiger partial charge is 0.496 e. The van der Waals surface area contributed by atoms with Crippen LogP contribution < -0.4 is 30.9 Å². The average Bonchev–Trinajstić information content (AvgIpc) is 0.936. The number of fused-ring (bicyclic) bond motifs is 10. The standard InChI is InChI=1S/C53H34N2.C50H45BN2.C11H10O.CH3/c1-2-16-44(17-3-1)55-50-21-11-10-20-49(50)54-53(55)38-26-22-37(23-27-38)41-30-31-47-48(34-41)52(43-29-25-36-13-5-7-15-40(36)33-43)46-19-9-8-18-45(46)51(47)42-28-24-35-12-4-6-14-39(35)32-42;1-49(2,3)36-28-30-44-40(32-36)51-41-33-37(50(4,5)6)29-31-45(41)53(43-25-16-14-23-39(43)35-20-11-8-12-21-35)47-27-17-26-46(48(47)51)52(44)42-24-15-13-22-38(42)34-18-9-7-10-19-34;1-12-11-8-4-6-9-5-2-3-7-10(9)11;/h1-34H;7-33H,1-6H3;2-8H,1H3;1H3/q;;;-1. The zero-order valence-electron chi connectivity index (χ0n) is 69.5. The second-order valence-electron chi connectivity index (χ2n) is 33.7. The molecule has 0 unspecified atom stereocenters. The number of methoxy groups -OCH3 is 1. The Balaban J connectivity index is 0.000000139. The predicted molar refractivity (Wildman–Crippen MR) is 518 cm³/mol. The number of ether oxygens (including phenoxy) is 1. The number of imidazole rings is 1. The maximum Gasteiger partial charge on any atom is 0.252 e. The highest BCUT2D eigenvalue weighted by Gasteiger charge is 2.45. The van der Waals surface area contributed by atoms with Gasteiger partial charge in [0.05, 0.1) is 29.5 Å². The maximum absolute atomic E-state index is 5.23. The molecule has 5 nitrogen and oxygen atoms in total. The second-order valence-corrected chi connectivity index (χ2v) is 33.7. The first kappa shape index (κ1) is 76.4. The smallest absolute Gasteiger partial charge is 0.252 e. The highest BCUT2D eigenvalue weighted by Crippen LogP contribution is 2.51. The predicted octanol–water partition coefficient (Wildman–Crippen LogP) is 29.3. The minimum absolute atomic E-state index is 0. The van der Waals surface area contributed by atoms with E-state index in [0.717, 1.165) is 39.4 Å². The summed E-state index contributed by atoms with van der Waals surface area (Å²) in [6.07, 6.45) is 0. The number of nitrogens with zero attached hydrogens (tertiary/aromatic N) is 4. The molecule has 19 aromatic carbocycles. The molecule has 0 N–H and O–H groups in total. The molecule has 3 heterocycles. The zero-order valence-corrected chi connectivity index (χ0v) is 69.5. The summed E-state index contributed by atoms with van der Waals surface area (Å²) in [7, 11) is 1.70. The summed E-state index contributed by atoms with van der Waals surface area (Å²) in [6.45, 7) is 14.0. The van der Waals surface area contributed by atoms with Crippen molar-refractivity contribution in [3.63, 3.8) is 0 Å². The molecule has 0 atom stereocenters. The first-order valence-corrected chi connectivity index (χ1v) is 41.7. The highest BCUT2D eigenvalue weighted by atomic mass is 16.5. The summed E-state index contributed by atoms with van der Waals surface area (Å²) in [5.74, 6) is 1.87. The molecule has 6 heteroatoms. The molecule has 0 radical (unpaired) electrons. The van der Waals surface area contributed by atoms with E-state index in [-0.39, 0.29) is 25.0 Å². The molecule has 2 aliphatic heterocycles. The molecular weight excluding hydrogens is 1460 g/mol. The molecule has 121 heavy (non-hydrogen) atoms. The Morgan fingerprint density at radius 2 is 0.694 bits per heavy atom. The summed E-state index contributed by atoms with van der Waals surface area (Å²) in [6, 6.07) is 150. The van der Waals surface area contributed by atoms with E-state index >= 15 is 0 Å². The molecule has 0 fully saturated rings. The van der Waals surface area contributed by atoms with E-state index in [1.807, 2.05) is 24.3 Å². The molecule has 22 rings (SSSR count). The van der Waals surface area contributed by atoms with Crippen LogP contribution in [0.2, 0.25) is 0 Å². The van der Waals surface area contributed by atoms with E-state index < -0.39 is 0 Å². The molecule has 1 aromatic heterocycles. The van der Waals surface area contributed by atoms with E-state index in [1.54, 1.807) is 7.11 Å². The molecule has 0 amide bonds. The van der Waals surface area contributed by atoms with Crippen LogP contribution in [0, 0.1) is 7.43 Å². The third-order valence-corrected chi connectivity index (χ3v) is 24.3. The Morgan fingerprint density at radius 1 is 0.281 bits per heavy atom. The number of rotatable bonds is 10. The van der Waals surface area contributed by atoms with Crippen LogP contribution in [-0.2, 0) is 10.8 Å². The van der Waals surface area contributed by atoms with Crippen molar-refractivity contribution in [2.45, 2.75) is 52.4 Å². The van der Waals surface area contributed by atoms with Gasteiger partial charge in [-0.1, -0.05) is 369 Å². The Hall–Kier alpha value is -14.6. The number of para-hydroxylation sites is 5. The summed E-state index contributed by atoms with van der Waals surface area (Å²) in [4.78, 5) is 10.2. The van der Waals surface area contributed by atoms with Gasteiger partial charge in [-0.3, -0.25) is 4.57 Å². The number of hydrogen-bond acceptors (Lipinski definition) is 4. The number of anilines is 6. The molecule has 0 bridgehead atoms. The fourth-order valence-corrected chi connectivity index (χ4v) is 18.4. The lowest BCUT2D eigenvalue weighted by Crippen LogP contribution is -2.61. The van der Waals surface area contributed by atoms with Gasteiger partial charge in [0.1, 0.15) is 11.6 Å². The summed E-state index contributed by atoms with van der Waals surface area (Å²) >= 11 is 0. The minimum atomic E-state index is -0.00693. The van der Waals surface area contributed by atoms with Gasteiger partial charge in [-0.05, 0) is 216 Å². The molecule has 2 aliphatic rings. The molecular formula is C115H92BN4O-. The van der Waals surface area contributed by atoms with Crippen molar-refractivity contribution in [1.82, 2.24) is 9.55 Å². The Morgan fingerprint density at radius 3 is 1.24 bits per heavy atom. The van der Waals surface area contributed by atoms with E-state index in [1.165, 1.54) is 166 Å². The SMILES string of the molecule is CC(C)(C)c1ccc2c(c1)B1c3cc(C(C)(C)C)ccc3N(c3ccccc3-c3ccccc3)c3cccc(c31)N2c1ccccc1-c1ccccc1.COc1cccc2ccccc12.[CH3-].c1ccc(-n2c(-c3ccc(-c4ccc5c(-c6ccc7ccccc7c6)c6ccccc6c(-c6ccc7ccccc7c6)c5c4)cc3)nc3ccccc32)cc1. The van der Waals surface area contributed by atoms with Crippen LogP contribution in [0.25, 0.3) is 138 Å². The minimum Gasteiger partial charge on any atom is -0.496 e. The van der Waals surface area contributed by atoms with Crippen molar-refractivity contribution in [2.24, 2.45) is 0 Å². The molecule has 0 saturated heterocycles. The Bertz CT molecular complexity index is 7130.